The van der Waals surface area contributed by atoms with E-state index < -0.39 is 22.5 Å². The molecule has 4 rings (SSSR count). The number of carbonyl (C=O) groups excluding carboxylic acids is 1. The van der Waals surface area contributed by atoms with Crippen molar-refractivity contribution < 1.29 is 22.7 Å². The largest absolute Gasteiger partial charge is 0.490 e. The number of carbonyl (C=O) groups is 1. The smallest absolute Gasteiger partial charge is 0.264 e. The van der Waals surface area contributed by atoms with Crippen molar-refractivity contribution in [1.82, 2.24) is 5.43 Å². The summed E-state index contributed by atoms with van der Waals surface area (Å²) in [5, 5.41) is 4.03. The van der Waals surface area contributed by atoms with Crippen molar-refractivity contribution in [1.29, 1.82) is 0 Å². The van der Waals surface area contributed by atoms with Gasteiger partial charge in [0.2, 0.25) is 0 Å². The first-order valence-electron chi connectivity index (χ1n) is 12.4. The maximum absolute atomic E-state index is 13.3. The summed E-state index contributed by atoms with van der Waals surface area (Å²) in [5.74, 6) is 0.543. The van der Waals surface area contributed by atoms with Gasteiger partial charge in [0.25, 0.3) is 15.9 Å². The fourth-order valence-corrected chi connectivity index (χ4v) is 5.14. The highest BCUT2D eigenvalue weighted by Crippen LogP contribution is 2.29. The first-order valence-corrected chi connectivity index (χ1v) is 13.8. The minimum atomic E-state index is -3.98. The molecule has 4 aromatic carbocycles. The van der Waals surface area contributed by atoms with E-state index in [2.05, 4.69) is 10.5 Å². The Balaban J connectivity index is 1.44. The van der Waals surface area contributed by atoms with Crippen molar-refractivity contribution in [3.63, 3.8) is 0 Å². The van der Waals surface area contributed by atoms with Crippen LogP contribution < -0.4 is 19.2 Å². The van der Waals surface area contributed by atoms with E-state index in [1.54, 1.807) is 66.7 Å². The topological polar surface area (TPSA) is 97.3 Å². The van der Waals surface area contributed by atoms with Gasteiger partial charge in [0, 0.05) is 0 Å². The lowest BCUT2D eigenvalue weighted by molar-refractivity contribution is -0.119. The van der Waals surface area contributed by atoms with E-state index >= 15 is 0 Å². The molecule has 0 saturated carbocycles. The lowest BCUT2D eigenvalue weighted by atomic mass is 10.2. The van der Waals surface area contributed by atoms with Crippen molar-refractivity contribution in [3.05, 3.63) is 120 Å². The Labute approximate surface area is 228 Å². The van der Waals surface area contributed by atoms with Gasteiger partial charge in [0.15, 0.2) is 11.5 Å². The summed E-state index contributed by atoms with van der Waals surface area (Å²) in [5.41, 5.74) is 4.49. The molecule has 4 aromatic rings. The first-order chi connectivity index (χ1) is 19.0. The summed E-state index contributed by atoms with van der Waals surface area (Å²) >= 11 is 0. The van der Waals surface area contributed by atoms with Crippen LogP contribution in [0.5, 0.6) is 11.5 Å². The molecule has 0 saturated heterocycles. The van der Waals surface area contributed by atoms with Gasteiger partial charge in [-0.15, -0.1) is 0 Å². The van der Waals surface area contributed by atoms with E-state index in [1.807, 2.05) is 37.3 Å². The highest BCUT2D eigenvalue weighted by Gasteiger charge is 2.26. The van der Waals surface area contributed by atoms with Crippen LogP contribution in [0.1, 0.15) is 18.1 Å². The molecule has 9 heteroatoms. The molecule has 0 aliphatic heterocycles. The lowest BCUT2D eigenvalue weighted by Crippen LogP contribution is -2.39. The number of rotatable bonds is 12. The maximum atomic E-state index is 13.3. The molecule has 0 heterocycles. The molecule has 0 fully saturated rings. The Morgan fingerprint density at radius 2 is 1.49 bits per heavy atom. The highest BCUT2D eigenvalue weighted by atomic mass is 32.2. The van der Waals surface area contributed by atoms with Gasteiger partial charge in [0.1, 0.15) is 13.2 Å². The summed E-state index contributed by atoms with van der Waals surface area (Å²) in [6.45, 7) is 2.28. The molecule has 0 radical (unpaired) electrons. The number of benzene rings is 4. The van der Waals surface area contributed by atoms with Gasteiger partial charge < -0.3 is 9.47 Å². The van der Waals surface area contributed by atoms with Gasteiger partial charge in [-0.2, -0.15) is 5.10 Å². The molecule has 0 spiro atoms. The number of amides is 1. The van der Waals surface area contributed by atoms with E-state index in [-0.39, 0.29) is 4.90 Å². The summed E-state index contributed by atoms with van der Waals surface area (Å²) in [6.07, 6.45) is 1.46. The van der Waals surface area contributed by atoms with Crippen molar-refractivity contribution in [2.45, 2.75) is 18.4 Å². The zero-order valence-electron chi connectivity index (χ0n) is 21.4. The second kappa shape index (κ2) is 13.3. The Bertz CT molecular complexity index is 1500. The summed E-state index contributed by atoms with van der Waals surface area (Å²) in [4.78, 5) is 12.8. The first kappa shape index (κ1) is 27.4. The Kier molecular flexibility index (Phi) is 9.31. The minimum absolute atomic E-state index is 0.0863. The zero-order valence-corrected chi connectivity index (χ0v) is 22.3. The molecule has 0 aliphatic carbocycles. The molecule has 8 nitrogen and oxygen atoms in total. The number of nitrogens with one attached hydrogen (secondary N) is 1. The number of sulfonamides is 1. The number of nitrogens with zero attached hydrogens (tertiary/aromatic N) is 2. The maximum Gasteiger partial charge on any atom is 0.264 e. The number of hydrazone groups is 1. The van der Waals surface area contributed by atoms with Crippen molar-refractivity contribution >= 4 is 27.8 Å². The third kappa shape index (κ3) is 7.45. The van der Waals surface area contributed by atoms with Gasteiger partial charge in [-0.1, -0.05) is 66.7 Å². The number of hydrogen-bond donors (Lipinski definition) is 1. The predicted octanol–water partition coefficient (Wildman–Crippen LogP) is 5.01. The fraction of sp³-hybridized carbons (Fsp3) is 0.133. The third-order valence-electron chi connectivity index (χ3n) is 5.57. The molecule has 200 valence electrons. The monoisotopic (exact) mass is 543 g/mol. The normalized spacial score (nSPS) is 11.2. The van der Waals surface area contributed by atoms with Crippen LogP contribution in [0.2, 0.25) is 0 Å². The molecule has 0 bridgehead atoms. The van der Waals surface area contributed by atoms with E-state index in [0.717, 1.165) is 9.87 Å². The average molecular weight is 544 g/mol. The zero-order chi connectivity index (χ0) is 27.5. The molecule has 1 amide bonds. The second-order valence-electron chi connectivity index (χ2n) is 8.37. The van der Waals surface area contributed by atoms with Crippen LogP contribution in [-0.2, 0) is 21.4 Å². The van der Waals surface area contributed by atoms with Crippen molar-refractivity contribution in [2.75, 3.05) is 17.5 Å². The molecule has 0 unspecified atom stereocenters. The Morgan fingerprint density at radius 3 is 2.15 bits per heavy atom. The minimum Gasteiger partial charge on any atom is -0.490 e. The summed E-state index contributed by atoms with van der Waals surface area (Å²) in [6, 6.07) is 31.6. The quantitative estimate of drug-likeness (QED) is 0.200. The van der Waals surface area contributed by atoms with Gasteiger partial charge in [0.05, 0.1) is 23.4 Å². The van der Waals surface area contributed by atoms with Crippen LogP contribution in [-0.4, -0.2) is 33.7 Å². The fourth-order valence-electron chi connectivity index (χ4n) is 3.70. The molecule has 0 atom stereocenters. The SMILES string of the molecule is CCOc1cc(/C=N\NC(=O)CN(c2ccccc2)S(=O)(=O)c2ccccc2)ccc1OCc1ccccc1. The standard InChI is InChI=1S/C30H29N3O5S/c1-2-37-29-20-25(18-19-28(29)38-23-24-12-6-3-7-13-24)21-31-32-30(34)22-33(26-14-8-4-9-15-26)39(35,36)27-16-10-5-11-17-27/h3-21H,2,22-23H2,1H3,(H,32,34)/b31-21-. The average Bonchev–Trinajstić information content (AvgIpc) is 2.97. The predicted molar refractivity (Wildman–Crippen MR) is 152 cm³/mol. The Hall–Kier alpha value is -4.63. The summed E-state index contributed by atoms with van der Waals surface area (Å²) < 4.78 is 39.3. The molecule has 0 aromatic heterocycles. The van der Waals surface area contributed by atoms with Crippen LogP contribution in [0.3, 0.4) is 0 Å². The van der Waals surface area contributed by atoms with Crippen LogP contribution in [0.25, 0.3) is 0 Å². The van der Waals surface area contributed by atoms with Crippen molar-refractivity contribution in [3.8, 4) is 11.5 Å². The van der Waals surface area contributed by atoms with Gasteiger partial charge >= 0.3 is 0 Å². The van der Waals surface area contributed by atoms with Gasteiger partial charge in [-0.3, -0.25) is 9.10 Å². The number of ether oxygens (including phenoxy) is 2. The van der Waals surface area contributed by atoms with E-state index in [1.165, 1.54) is 18.3 Å². The van der Waals surface area contributed by atoms with E-state index in [4.69, 9.17) is 9.47 Å². The van der Waals surface area contributed by atoms with Gasteiger partial charge in [-0.05, 0) is 60.5 Å². The summed E-state index contributed by atoms with van der Waals surface area (Å²) in [7, 11) is -3.98. The van der Waals surface area contributed by atoms with Crippen LogP contribution in [0, 0.1) is 0 Å². The second-order valence-corrected chi connectivity index (χ2v) is 10.2. The molecule has 0 aliphatic rings. The number of anilines is 1. The highest BCUT2D eigenvalue weighted by molar-refractivity contribution is 7.92. The Morgan fingerprint density at radius 1 is 0.846 bits per heavy atom. The molecular formula is C30H29N3O5S. The number of hydrogen-bond acceptors (Lipinski definition) is 6. The van der Waals surface area contributed by atoms with E-state index in [9.17, 15) is 13.2 Å². The van der Waals surface area contributed by atoms with Crippen LogP contribution >= 0.6 is 0 Å². The molecule has 39 heavy (non-hydrogen) atoms. The van der Waals surface area contributed by atoms with Gasteiger partial charge in [-0.25, -0.2) is 13.8 Å². The third-order valence-corrected chi connectivity index (χ3v) is 7.36. The van der Waals surface area contributed by atoms with E-state index in [0.29, 0.717) is 36.0 Å². The molecule has 1 N–H and O–H groups in total. The van der Waals surface area contributed by atoms with Crippen LogP contribution in [0.15, 0.2) is 119 Å². The van der Waals surface area contributed by atoms with Crippen LogP contribution in [0.4, 0.5) is 5.69 Å². The molecular weight excluding hydrogens is 514 g/mol. The number of para-hydroxylation sites is 1. The van der Waals surface area contributed by atoms with Crippen molar-refractivity contribution in [2.24, 2.45) is 5.10 Å². The lowest BCUT2D eigenvalue weighted by Gasteiger charge is -2.23.